The lowest BCUT2D eigenvalue weighted by Gasteiger charge is -2.27. The maximum absolute atomic E-state index is 12.9. The largest absolute Gasteiger partial charge is 0.388 e. The van der Waals surface area contributed by atoms with Crippen molar-refractivity contribution in [2.24, 2.45) is 5.92 Å². The summed E-state index contributed by atoms with van der Waals surface area (Å²) in [6, 6.07) is 2.45. The maximum Gasteiger partial charge on any atom is 0.248 e. The molecule has 2 unspecified atom stereocenters. The Bertz CT molecular complexity index is 834. The first kappa shape index (κ1) is 20.6. The molecule has 5 heteroatoms. The van der Waals surface area contributed by atoms with Crippen molar-refractivity contribution in [3.05, 3.63) is 65.3 Å². The Labute approximate surface area is 159 Å². The average molecular weight is 368 g/mol. The van der Waals surface area contributed by atoms with E-state index in [0.29, 0.717) is 11.3 Å². The summed E-state index contributed by atoms with van der Waals surface area (Å²) < 4.78 is 12.9. The van der Waals surface area contributed by atoms with Crippen molar-refractivity contribution >= 4 is 5.91 Å². The predicted molar refractivity (Wildman–Crippen MR) is 104 cm³/mol. The number of nitrogens with one attached hydrogen (secondary N) is 1. The number of halogens is 1. The molecule has 0 fully saturated rings. The summed E-state index contributed by atoms with van der Waals surface area (Å²) in [6.07, 6.45) is 9.27. The van der Waals surface area contributed by atoms with Crippen LogP contribution in [0.3, 0.4) is 0 Å². The van der Waals surface area contributed by atoms with Crippen LogP contribution < -0.4 is 5.32 Å². The van der Waals surface area contributed by atoms with E-state index in [0.717, 1.165) is 18.2 Å². The molecule has 0 aromatic carbocycles. The maximum atomic E-state index is 12.9. The minimum absolute atomic E-state index is 0.0431. The lowest BCUT2D eigenvalue weighted by Crippen LogP contribution is -2.48. The Balaban J connectivity index is 2.22. The number of hydrogen-bond donors (Lipinski definition) is 2. The quantitative estimate of drug-likeness (QED) is 0.802. The van der Waals surface area contributed by atoms with Crippen molar-refractivity contribution in [2.45, 2.75) is 45.8 Å². The van der Waals surface area contributed by atoms with E-state index in [1.165, 1.54) is 12.1 Å². The van der Waals surface area contributed by atoms with E-state index in [1.54, 1.807) is 32.9 Å². The Kier molecular flexibility index (Phi) is 6.70. The van der Waals surface area contributed by atoms with Gasteiger partial charge in [0.1, 0.15) is 11.5 Å². The normalized spacial score (nSPS) is 17.8. The van der Waals surface area contributed by atoms with Crippen LogP contribution in [0.25, 0.3) is 0 Å². The molecule has 2 atom stereocenters. The molecular formula is C22H25FN2O2. The number of amides is 1. The number of rotatable bonds is 4. The molecule has 2 rings (SSSR count). The molecule has 0 aliphatic heterocycles. The van der Waals surface area contributed by atoms with E-state index in [4.69, 9.17) is 0 Å². The first-order valence-electron chi connectivity index (χ1n) is 8.97. The van der Waals surface area contributed by atoms with Gasteiger partial charge in [-0.15, -0.1) is 0 Å². The summed E-state index contributed by atoms with van der Waals surface area (Å²) in [4.78, 5) is 16.6. The molecule has 0 spiro atoms. The van der Waals surface area contributed by atoms with Gasteiger partial charge in [0.05, 0.1) is 17.8 Å². The van der Waals surface area contributed by atoms with Gasteiger partial charge >= 0.3 is 0 Å². The SMILES string of the molecule is CCC1C=CC(C#Cc2ccc(F)cn2)=CC=C1C(=O)NC(C)C(C)(C)O. The van der Waals surface area contributed by atoms with Crippen LogP contribution in [-0.2, 0) is 4.79 Å². The molecule has 1 aromatic rings. The molecule has 0 saturated heterocycles. The summed E-state index contributed by atoms with van der Waals surface area (Å²) in [5, 5.41) is 12.9. The molecule has 1 heterocycles. The lowest BCUT2D eigenvalue weighted by molar-refractivity contribution is -0.120. The molecule has 1 aromatic heterocycles. The second kappa shape index (κ2) is 8.79. The molecule has 1 amide bonds. The van der Waals surface area contributed by atoms with Gasteiger partial charge in [-0.2, -0.15) is 0 Å². The zero-order valence-electron chi connectivity index (χ0n) is 16.1. The molecule has 4 nitrogen and oxygen atoms in total. The third-order valence-corrected chi connectivity index (χ3v) is 4.52. The number of carbonyl (C=O) groups excluding carboxylic acids is 1. The summed E-state index contributed by atoms with van der Waals surface area (Å²) >= 11 is 0. The van der Waals surface area contributed by atoms with Crippen molar-refractivity contribution in [3.63, 3.8) is 0 Å². The van der Waals surface area contributed by atoms with E-state index >= 15 is 0 Å². The molecule has 0 saturated carbocycles. The highest BCUT2D eigenvalue weighted by atomic mass is 19.1. The van der Waals surface area contributed by atoms with Crippen LogP contribution in [0.1, 0.15) is 39.8 Å². The van der Waals surface area contributed by atoms with Crippen LogP contribution in [0.2, 0.25) is 0 Å². The number of pyridine rings is 1. The summed E-state index contributed by atoms with van der Waals surface area (Å²) in [5.74, 6) is 5.23. The molecule has 2 N–H and O–H groups in total. The Morgan fingerprint density at radius 2 is 2.11 bits per heavy atom. The van der Waals surface area contributed by atoms with Gasteiger partial charge in [-0.1, -0.05) is 25.0 Å². The number of nitrogens with zero attached hydrogens (tertiary/aromatic N) is 1. The van der Waals surface area contributed by atoms with Gasteiger partial charge in [0.2, 0.25) is 5.91 Å². The number of hydrogen-bond acceptors (Lipinski definition) is 3. The third kappa shape index (κ3) is 5.90. The van der Waals surface area contributed by atoms with E-state index in [-0.39, 0.29) is 17.9 Å². The van der Waals surface area contributed by atoms with Gasteiger partial charge in [-0.05, 0) is 57.4 Å². The summed E-state index contributed by atoms with van der Waals surface area (Å²) in [6.45, 7) is 7.10. The minimum Gasteiger partial charge on any atom is -0.388 e. The van der Waals surface area contributed by atoms with Gasteiger partial charge in [-0.3, -0.25) is 4.79 Å². The van der Waals surface area contributed by atoms with Crippen LogP contribution in [0.5, 0.6) is 0 Å². The fourth-order valence-electron chi connectivity index (χ4n) is 2.41. The fraction of sp³-hybridized carbons (Fsp3) is 0.364. The lowest BCUT2D eigenvalue weighted by atomic mass is 9.94. The number of aliphatic hydroxyl groups is 1. The van der Waals surface area contributed by atoms with Crippen LogP contribution in [0.15, 0.2) is 53.8 Å². The van der Waals surface area contributed by atoms with Gasteiger partial charge in [-0.25, -0.2) is 9.37 Å². The highest BCUT2D eigenvalue weighted by Gasteiger charge is 2.26. The molecule has 0 radical (unpaired) electrons. The van der Waals surface area contributed by atoms with Gasteiger partial charge < -0.3 is 10.4 Å². The van der Waals surface area contributed by atoms with Crippen molar-refractivity contribution in [2.75, 3.05) is 0 Å². The first-order chi connectivity index (χ1) is 12.7. The zero-order chi connectivity index (χ0) is 20.0. The fourth-order valence-corrected chi connectivity index (χ4v) is 2.41. The van der Waals surface area contributed by atoms with E-state index in [1.807, 2.05) is 19.1 Å². The first-order valence-corrected chi connectivity index (χ1v) is 8.97. The zero-order valence-corrected chi connectivity index (χ0v) is 16.1. The summed E-state index contributed by atoms with van der Waals surface area (Å²) in [5.41, 5.74) is 0.829. The molecule has 0 bridgehead atoms. The molecule has 1 aliphatic rings. The number of carbonyl (C=O) groups is 1. The van der Waals surface area contributed by atoms with E-state index < -0.39 is 11.4 Å². The number of aromatic nitrogens is 1. The third-order valence-electron chi connectivity index (χ3n) is 4.52. The van der Waals surface area contributed by atoms with Crippen molar-refractivity contribution in [1.82, 2.24) is 10.3 Å². The van der Waals surface area contributed by atoms with Gasteiger partial charge in [0, 0.05) is 17.1 Å². The van der Waals surface area contributed by atoms with Gasteiger partial charge in [0.25, 0.3) is 0 Å². The highest BCUT2D eigenvalue weighted by Crippen LogP contribution is 2.22. The van der Waals surface area contributed by atoms with Gasteiger partial charge in [0.15, 0.2) is 0 Å². The number of allylic oxidation sites excluding steroid dienone is 5. The molecular weight excluding hydrogens is 343 g/mol. The van der Waals surface area contributed by atoms with Crippen molar-refractivity contribution in [3.8, 4) is 11.8 Å². The van der Waals surface area contributed by atoms with Crippen LogP contribution in [0, 0.1) is 23.6 Å². The van der Waals surface area contributed by atoms with Crippen LogP contribution >= 0.6 is 0 Å². The Morgan fingerprint density at radius 1 is 1.37 bits per heavy atom. The minimum atomic E-state index is -1.01. The molecule has 27 heavy (non-hydrogen) atoms. The van der Waals surface area contributed by atoms with E-state index in [9.17, 15) is 14.3 Å². The smallest absolute Gasteiger partial charge is 0.248 e. The predicted octanol–water partition coefficient (Wildman–Crippen LogP) is 3.30. The van der Waals surface area contributed by atoms with Crippen LogP contribution in [-0.4, -0.2) is 27.6 Å². The highest BCUT2D eigenvalue weighted by molar-refractivity contribution is 5.95. The standard InChI is InChI=1S/C22H25FN2O2/c1-5-17-9-6-16(7-11-19-12-10-18(23)14-24-19)8-13-20(17)21(26)25-15(2)22(3,4)27/h6,8-10,12-15,17,27H,5H2,1-4H3,(H,25,26). The van der Waals surface area contributed by atoms with Crippen LogP contribution in [0.4, 0.5) is 4.39 Å². The van der Waals surface area contributed by atoms with Crippen molar-refractivity contribution in [1.29, 1.82) is 0 Å². The Morgan fingerprint density at radius 3 is 2.70 bits per heavy atom. The monoisotopic (exact) mass is 368 g/mol. The summed E-state index contributed by atoms with van der Waals surface area (Å²) in [7, 11) is 0. The topological polar surface area (TPSA) is 62.2 Å². The van der Waals surface area contributed by atoms with E-state index in [2.05, 4.69) is 22.1 Å². The molecule has 142 valence electrons. The second-order valence-corrected chi connectivity index (χ2v) is 7.08. The average Bonchev–Trinajstić information content (AvgIpc) is 2.82. The Hall–Kier alpha value is -2.71. The van der Waals surface area contributed by atoms with Crippen molar-refractivity contribution < 1.29 is 14.3 Å². The molecule has 1 aliphatic carbocycles. The second-order valence-electron chi connectivity index (χ2n) is 7.08.